The third-order valence-electron chi connectivity index (χ3n) is 6.17. The van der Waals surface area contributed by atoms with E-state index in [0.717, 1.165) is 28.3 Å². The molecule has 0 saturated carbocycles. The molecule has 1 aromatic heterocycles. The topological polar surface area (TPSA) is 104 Å². The minimum absolute atomic E-state index is 0.354. The molecular weight excluding hydrogens is 416 g/mol. The van der Waals surface area contributed by atoms with Crippen LogP contribution in [-0.2, 0) is 6.54 Å². The largest absolute Gasteiger partial charge is 0.457 e. The fourth-order valence-electron chi connectivity index (χ4n) is 4.85. The van der Waals surface area contributed by atoms with Crippen molar-refractivity contribution in [3.63, 3.8) is 0 Å². The fourth-order valence-corrected chi connectivity index (χ4v) is 4.85. The Labute approximate surface area is 193 Å². The summed E-state index contributed by atoms with van der Waals surface area (Å²) in [6.07, 6.45) is 0. The van der Waals surface area contributed by atoms with Crippen molar-refractivity contribution >= 4 is 11.9 Å². The summed E-state index contributed by atoms with van der Waals surface area (Å²) in [5, 5.41) is 0. The molecule has 3 aromatic rings. The molecule has 2 heterocycles. The van der Waals surface area contributed by atoms with Crippen LogP contribution in [0.2, 0.25) is 0 Å². The molecule has 1 aliphatic rings. The van der Waals surface area contributed by atoms with E-state index in [9.17, 15) is 9.59 Å². The number of nitrogens with two attached hydrogens (primary N) is 2. The molecule has 4 N–H and O–H groups in total. The van der Waals surface area contributed by atoms with Crippen LogP contribution in [0.15, 0.2) is 54.6 Å². The summed E-state index contributed by atoms with van der Waals surface area (Å²) in [6, 6.07) is 16.3. The van der Waals surface area contributed by atoms with Gasteiger partial charge in [0.1, 0.15) is 11.5 Å². The van der Waals surface area contributed by atoms with Crippen molar-refractivity contribution in [2.75, 3.05) is 6.54 Å². The van der Waals surface area contributed by atoms with Crippen molar-refractivity contribution in [2.24, 2.45) is 16.9 Å². The highest BCUT2D eigenvalue weighted by Crippen LogP contribution is 2.46. The van der Waals surface area contributed by atoms with Crippen molar-refractivity contribution in [3.8, 4) is 22.6 Å². The molecule has 0 saturated heterocycles. The number of amides is 3. The monoisotopic (exact) mass is 446 g/mol. The SMILES string of the molecule is Cc1c(-c2ccc(Oc3ccccc3)cc2)c(C(N)=O)c2n1CCN(C(N)=O)C2C(C)(C)C. The summed E-state index contributed by atoms with van der Waals surface area (Å²) < 4.78 is 8.02. The summed E-state index contributed by atoms with van der Waals surface area (Å²) in [6.45, 7) is 9.11. The van der Waals surface area contributed by atoms with Crippen LogP contribution in [0.4, 0.5) is 4.79 Å². The zero-order valence-electron chi connectivity index (χ0n) is 19.5. The van der Waals surface area contributed by atoms with Crippen LogP contribution in [0.3, 0.4) is 0 Å². The van der Waals surface area contributed by atoms with E-state index in [4.69, 9.17) is 16.2 Å². The van der Waals surface area contributed by atoms with Crippen molar-refractivity contribution in [1.29, 1.82) is 0 Å². The standard InChI is InChI=1S/C26H30N4O3/c1-16-20(17-10-12-19(13-11-17)33-18-8-6-5-7-9-18)21(24(27)31)22-23(26(2,3)4)30(25(28)32)15-14-29(16)22/h5-13,23H,14-15H2,1-4H3,(H2,27,31)(H2,28,32). The van der Waals surface area contributed by atoms with Crippen LogP contribution in [0.5, 0.6) is 11.5 Å². The third kappa shape index (κ3) is 4.06. The molecule has 2 aromatic carbocycles. The molecule has 1 aliphatic heterocycles. The molecule has 0 aliphatic carbocycles. The first kappa shape index (κ1) is 22.5. The Kier molecular flexibility index (Phi) is 5.66. The molecule has 7 heteroatoms. The minimum atomic E-state index is -0.521. The smallest absolute Gasteiger partial charge is 0.315 e. The molecule has 33 heavy (non-hydrogen) atoms. The molecule has 1 atom stereocenters. The van der Waals surface area contributed by atoms with Gasteiger partial charge in [0.15, 0.2) is 0 Å². The fraction of sp³-hybridized carbons (Fsp3) is 0.308. The first-order chi connectivity index (χ1) is 15.6. The van der Waals surface area contributed by atoms with Crippen molar-refractivity contribution < 1.29 is 14.3 Å². The molecular formula is C26H30N4O3. The first-order valence-corrected chi connectivity index (χ1v) is 11.0. The maximum Gasteiger partial charge on any atom is 0.315 e. The van der Waals surface area contributed by atoms with Gasteiger partial charge in [-0.05, 0) is 42.2 Å². The van der Waals surface area contributed by atoms with Crippen LogP contribution in [0.25, 0.3) is 11.1 Å². The van der Waals surface area contributed by atoms with E-state index in [2.05, 4.69) is 4.57 Å². The van der Waals surface area contributed by atoms with Crippen LogP contribution in [0, 0.1) is 12.3 Å². The van der Waals surface area contributed by atoms with E-state index in [1.165, 1.54) is 0 Å². The number of urea groups is 1. The maximum absolute atomic E-state index is 12.8. The number of aromatic nitrogens is 1. The van der Waals surface area contributed by atoms with Gasteiger partial charge < -0.3 is 25.7 Å². The van der Waals surface area contributed by atoms with Gasteiger partial charge in [0.2, 0.25) is 0 Å². The second-order valence-electron chi connectivity index (χ2n) is 9.48. The van der Waals surface area contributed by atoms with Gasteiger partial charge >= 0.3 is 6.03 Å². The van der Waals surface area contributed by atoms with Crippen molar-refractivity contribution in [1.82, 2.24) is 9.47 Å². The van der Waals surface area contributed by atoms with Gasteiger partial charge in [0.25, 0.3) is 5.91 Å². The molecule has 172 valence electrons. The number of rotatable bonds is 4. The number of hydrogen-bond donors (Lipinski definition) is 2. The van der Waals surface area contributed by atoms with Crippen LogP contribution >= 0.6 is 0 Å². The highest BCUT2D eigenvalue weighted by atomic mass is 16.5. The number of ether oxygens (including phenoxy) is 1. The van der Waals surface area contributed by atoms with E-state index >= 15 is 0 Å². The van der Waals surface area contributed by atoms with Gasteiger partial charge in [0, 0.05) is 24.3 Å². The summed E-state index contributed by atoms with van der Waals surface area (Å²) in [5.74, 6) is 0.921. The molecule has 1 unspecified atom stereocenters. The maximum atomic E-state index is 12.8. The molecule has 0 bridgehead atoms. The van der Waals surface area contributed by atoms with Gasteiger partial charge in [-0.3, -0.25) is 4.79 Å². The summed E-state index contributed by atoms with van der Waals surface area (Å²) >= 11 is 0. The van der Waals surface area contributed by atoms with Gasteiger partial charge in [0.05, 0.1) is 17.3 Å². The van der Waals surface area contributed by atoms with Gasteiger partial charge in [-0.2, -0.15) is 0 Å². The Morgan fingerprint density at radius 1 is 0.939 bits per heavy atom. The van der Waals surface area contributed by atoms with E-state index in [1.54, 1.807) is 4.90 Å². The Balaban J connectivity index is 1.82. The predicted octanol–water partition coefficient (Wildman–Crippen LogP) is 4.84. The number of primary amides is 2. The van der Waals surface area contributed by atoms with E-state index in [0.29, 0.717) is 24.4 Å². The average Bonchev–Trinajstić information content (AvgIpc) is 3.06. The number of benzene rings is 2. The van der Waals surface area contributed by atoms with Gasteiger partial charge in [-0.15, -0.1) is 0 Å². The Morgan fingerprint density at radius 2 is 1.55 bits per heavy atom. The lowest BCUT2D eigenvalue weighted by Crippen LogP contribution is -2.49. The minimum Gasteiger partial charge on any atom is -0.457 e. The lowest BCUT2D eigenvalue weighted by molar-refractivity contribution is 0.0916. The van der Waals surface area contributed by atoms with Gasteiger partial charge in [-0.1, -0.05) is 51.1 Å². The zero-order valence-corrected chi connectivity index (χ0v) is 19.5. The van der Waals surface area contributed by atoms with E-state index in [1.807, 2.05) is 82.3 Å². The van der Waals surface area contributed by atoms with E-state index < -0.39 is 11.9 Å². The molecule has 7 nitrogen and oxygen atoms in total. The number of fused-ring (bicyclic) bond motifs is 1. The van der Waals surface area contributed by atoms with Crippen LogP contribution < -0.4 is 16.2 Å². The average molecular weight is 447 g/mol. The second-order valence-corrected chi connectivity index (χ2v) is 9.48. The van der Waals surface area contributed by atoms with Gasteiger partial charge in [-0.25, -0.2) is 4.79 Å². The Hall–Kier alpha value is -3.74. The molecule has 0 radical (unpaired) electrons. The number of carbonyl (C=O) groups is 2. The second kappa shape index (κ2) is 8.31. The van der Waals surface area contributed by atoms with Crippen molar-refractivity contribution in [2.45, 2.75) is 40.3 Å². The number of nitrogens with zero attached hydrogens (tertiary/aromatic N) is 2. The molecule has 0 spiro atoms. The quantitative estimate of drug-likeness (QED) is 0.599. The number of carbonyl (C=O) groups excluding carboxylic acids is 2. The molecule has 3 amide bonds. The van der Waals surface area contributed by atoms with E-state index in [-0.39, 0.29) is 11.5 Å². The summed E-state index contributed by atoms with van der Waals surface area (Å²) in [4.78, 5) is 26.7. The molecule has 4 rings (SSSR count). The summed E-state index contributed by atoms with van der Waals surface area (Å²) in [5.41, 5.74) is 15.1. The van der Waals surface area contributed by atoms with Crippen LogP contribution in [-0.4, -0.2) is 28.0 Å². The summed E-state index contributed by atoms with van der Waals surface area (Å²) in [7, 11) is 0. The molecule has 0 fully saturated rings. The zero-order chi connectivity index (χ0) is 23.9. The lowest BCUT2D eigenvalue weighted by atomic mass is 9.81. The van der Waals surface area contributed by atoms with Crippen LogP contribution in [0.1, 0.15) is 48.6 Å². The highest BCUT2D eigenvalue weighted by molar-refractivity contribution is 6.02. The van der Waals surface area contributed by atoms with Crippen molar-refractivity contribution in [3.05, 3.63) is 71.5 Å². The first-order valence-electron chi connectivity index (χ1n) is 11.0. The third-order valence-corrected chi connectivity index (χ3v) is 6.17. The highest BCUT2D eigenvalue weighted by Gasteiger charge is 2.43. The normalized spacial score (nSPS) is 15.8. The Morgan fingerprint density at radius 3 is 2.09 bits per heavy atom. The predicted molar refractivity (Wildman–Crippen MR) is 128 cm³/mol. The number of para-hydroxylation sites is 1. The Bertz CT molecular complexity index is 1190. The lowest BCUT2D eigenvalue weighted by Gasteiger charge is -2.43. The number of hydrogen-bond acceptors (Lipinski definition) is 3.